The van der Waals surface area contributed by atoms with Gasteiger partial charge in [-0.05, 0) is 61.7 Å². The number of unbranched alkanes of at least 4 members (excludes halogenated alkanes) is 1. The molecule has 3 rings (SSSR count). The first-order chi connectivity index (χ1) is 12.5. The molecule has 0 bridgehead atoms. The van der Waals surface area contributed by atoms with Gasteiger partial charge in [0, 0.05) is 17.8 Å². The maximum Gasteiger partial charge on any atom is 0.265 e. The van der Waals surface area contributed by atoms with Gasteiger partial charge in [-0.2, -0.15) is 0 Å². The molecule has 1 aliphatic rings. The van der Waals surface area contributed by atoms with Crippen LogP contribution in [0.4, 0.5) is 11.4 Å². The Morgan fingerprint density at radius 2 is 1.96 bits per heavy atom. The molecule has 0 spiro atoms. The molecule has 26 heavy (non-hydrogen) atoms. The van der Waals surface area contributed by atoms with Crippen LogP contribution in [0.5, 0.6) is 5.75 Å². The van der Waals surface area contributed by atoms with Crippen LogP contribution in [0.2, 0.25) is 0 Å². The van der Waals surface area contributed by atoms with Gasteiger partial charge in [0.15, 0.2) is 6.61 Å². The number of hydrogen-bond acceptors (Lipinski definition) is 3. The van der Waals surface area contributed by atoms with E-state index in [0.29, 0.717) is 29.2 Å². The van der Waals surface area contributed by atoms with Crippen LogP contribution in [0.15, 0.2) is 36.4 Å². The molecule has 0 aromatic heterocycles. The summed E-state index contributed by atoms with van der Waals surface area (Å²) >= 11 is 0. The number of rotatable bonds is 5. The van der Waals surface area contributed by atoms with E-state index < -0.39 is 0 Å². The van der Waals surface area contributed by atoms with E-state index in [1.807, 2.05) is 32.0 Å². The first-order valence-corrected chi connectivity index (χ1v) is 8.95. The lowest BCUT2D eigenvalue weighted by molar-refractivity contribution is -0.121. The Labute approximate surface area is 154 Å². The van der Waals surface area contributed by atoms with Crippen molar-refractivity contribution >= 4 is 23.2 Å². The normalized spacial score (nSPS) is 13.2. The molecule has 1 N–H and O–H groups in total. The second kappa shape index (κ2) is 7.60. The Hall–Kier alpha value is -2.82. The molecule has 0 unspecified atom stereocenters. The molecule has 0 aliphatic carbocycles. The Bertz CT molecular complexity index is 845. The highest BCUT2D eigenvalue weighted by Gasteiger charge is 2.25. The van der Waals surface area contributed by atoms with Gasteiger partial charge >= 0.3 is 0 Å². The van der Waals surface area contributed by atoms with Gasteiger partial charge in [-0.15, -0.1) is 0 Å². The van der Waals surface area contributed by atoms with E-state index in [1.165, 1.54) is 0 Å². The second-order valence-electron chi connectivity index (χ2n) is 6.62. The lowest BCUT2D eigenvalue weighted by atomic mass is 10.1. The number of ether oxygens (including phenoxy) is 1. The van der Waals surface area contributed by atoms with Gasteiger partial charge in [-0.3, -0.25) is 9.59 Å². The minimum absolute atomic E-state index is 0.0522. The first-order valence-electron chi connectivity index (χ1n) is 8.95. The van der Waals surface area contributed by atoms with E-state index in [0.717, 1.165) is 24.0 Å². The maximum atomic E-state index is 12.5. The molecule has 5 nitrogen and oxygen atoms in total. The summed E-state index contributed by atoms with van der Waals surface area (Å²) in [4.78, 5) is 26.5. The number of aryl methyl sites for hydroxylation is 2. The van der Waals surface area contributed by atoms with E-state index in [2.05, 4.69) is 12.2 Å². The fourth-order valence-corrected chi connectivity index (χ4v) is 2.93. The number of amides is 2. The van der Waals surface area contributed by atoms with E-state index >= 15 is 0 Å². The summed E-state index contributed by atoms with van der Waals surface area (Å²) in [5.41, 5.74) is 4.20. The molecule has 2 amide bonds. The Morgan fingerprint density at radius 1 is 1.15 bits per heavy atom. The molecule has 0 atom stereocenters. The highest BCUT2D eigenvalue weighted by Crippen LogP contribution is 2.35. The average molecular weight is 352 g/mol. The van der Waals surface area contributed by atoms with Crippen LogP contribution < -0.4 is 15.0 Å². The van der Waals surface area contributed by atoms with E-state index in [9.17, 15) is 9.59 Å². The molecule has 5 heteroatoms. The monoisotopic (exact) mass is 352 g/mol. The van der Waals surface area contributed by atoms with Crippen molar-refractivity contribution in [2.45, 2.75) is 33.6 Å². The number of hydrogen-bond donors (Lipinski definition) is 1. The maximum absolute atomic E-state index is 12.5. The minimum atomic E-state index is -0.170. The van der Waals surface area contributed by atoms with Crippen LogP contribution in [0, 0.1) is 13.8 Å². The van der Waals surface area contributed by atoms with Crippen molar-refractivity contribution < 1.29 is 14.3 Å². The van der Waals surface area contributed by atoms with Crippen molar-refractivity contribution in [3.05, 3.63) is 53.1 Å². The Balaban J connectivity index is 1.83. The molecule has 0 saturated heterocycles. The Morgan fingerprint density at radius 3 is 2.69 bits per heavy atom. The predicted molar refractivity (Wildman–Crippen MR) is 103 cm³/mol. The summed E-state index contributed by atoms with van der Waals surface area (Å²) in [6.07, 6.45) is 1.92. The number of benzene rings is 2. The van der Waals surface area contributed by atoms with Crippen LogP contribution in [-0.4, -0.2) is 25.0 Å². The third-order valence-electron chi connectivity index (χ3n) is 4.66. The van der Waals surface area contributed by atoms with Gasteiger partial charge in [0.25, 0.3) is 11.8 Å². The molecule has 0 saturated carbocycles. The number of nitrogens with one attached hydrogen (secondary N) is 1. The van der Waals surface area contributed by atoms with Crippen molar-refractivity contribution in [1.29, 1.82) is 0 Å². The average Bonchev–Trinajstić information content (AvgIpc) is 2.63. The number of anilines is 2. The SMILES string of the molecule is CCCCN1C(=O)COc2ccc(NC(=O)c3ccc(C)c(C)c3)cc21. The van der Waals surface area contributed by atoms with Crippen molar-refractivity contribution in [3.63, 3.8) is 0 Å². The molecule has 1 aliphatic heterocycles. The van der Waals surface area contributed by atoms with Gasteiger partial charge in [0.1, 0.15) is 5.75 Å². The largest absolute Gasteiger partial charge is 0.482 e. The second-order valence-corrected chi connectivity index (χ2v) is 6.62. The highest BCUT2D eigenvalue weighted by molar-refractivity contribution is 6.05. The molecule has 0 fully saturated rings. The number of nitrogens with zero attached hydrogens (tertiary/aromatic N) is 1. The zero-order valence-corrected chi connectivity index (χ0v) is 15.5. The van der Waals surface area contributed by atoms with E-state index in [-0.39, 0.29) is 18.4 Å². The first kappa shape index (κ1) is 18.0. The van der Waals surface area contributed by atoms with Gasteiger partial charge in [-0.25, -0.2) is 0 Å². The van der Waals surface area contributed by atoms with Gasteiger partial charge in [0.05, 0.1) is 5.69 Å². The van der Waals surface area contributed by atoms with E-state index in [1.54, 1.807) is 23.1 Å². The molecule has 0 radical (unpaired) electrons. The molecule has 1 heterocycles. The Kier molecular flexibility index (Phi) is 5.26. The molecular formula is C21H24N2O3. The number of carbonyl (C=O) groups is 2. The van der Waals surface area contributed by atoms with Crippen molar-refractivity contribution in [2.24, 2.45) is 0 Å². The standard InChI is InChI=1S/C21H24N2O3/c1-4-5-10-23-18-12-17(8-9-19(18)26-13-20(23)24)22-21(25)16-7-6-14(2)15(3)11-16/h6-9,11-12H,4-5,10,13H2,1-3H3,(H,22,25). The number of fused-ring (bicyclic) bond motifs is 1. The van der Waals surface area contributed by atoms with Crippen LogP contribution in [-0.2, 0) is 4.79 Å². The third-order valence-corrected chi connectivity index (χ3v) is 4.66. The predicted octanol–water partition coefficient (Wildman–Crippen LogP) is 4.08. The summed E-state index contributed by atoms with van der Waals surface area (Å²) < 4.78 is 5.52. The van der Waals surface area contributed by atoms with Crippen molar-refractivity contribution in [3.8, 4) is 5.75 Å². The lowest BCUT2D eigenvalue weighted by Crippen LogP contribution is -2.39. The van der Waals surface area contributed by atoms with Crippen LogP contribution in [0.1, 0.15) is 41.3 Å². The quantitative estimate of drug-likeness (QED) is 0.882. The molecule has 136 valence electrons. The van der Waals surface area contributed by atoms with Gasteiger partial charge in [0.2, 0.25) is 0 Å². The fourth-order valence-electron chi connectivity index (χ4n) is 2.93. The van der Waals surface area contributed by atoms with Gasteiger partial charge in [-0.1, -0.05) is 19.4 Å². The van der Waals surface area contributed by atoms with E-state index in [4.69, 9.17) is 4.74 Å². The third kappa shape index (κ3) is 3.72. The summed E-state index contributed by atoms with van der Waals surface area (Å²) in [6.45, 7) is 6.80. The topological polar surface area (TPSA) is 58.6 Å². The molecule has 2 aromatic rings. The zero-order valence-electron chi connectivity index (χ0n) is 15.5. The summed E-state index contributed by atoms with van der Waals surface area (Å²) in [7, 11) is 0. The summed E-state index contributed by atoms with van der Waals surface area (Å²) in [5, 5.41) is 2.91. The summed E-state index contributed by atoms with van der Waals surface area (Å²) in [6, 6.07) is 11.0. The van der Waals surface area contributed by atoms with Crippen LogP contribution >= 0.6 is 0 Å². The van der Waals surface area contributed by atoms with Crippen molar-refractivity contribution in [2.75, 3.05) is 23.4 Å². The smallest absolute Gasteiger partial charge is 0.265 e. The fraction of sp³-hybridized carbons (Fsp3) is 0.333. The van der Waals surface area contributed by atoms with Crippen LogP contribution in [0.3, 0.4) is 0 Å². The zero-order chi connectivity index (χ0) is 18.7. The molecule has 2 aromatic carbocycles. The minimum Gasteiger partial charge on any atom is -0.482 e. The van der Waals surface area contributed by atoms with Gasteiger partial charge < -0.3 is 15.0 Å². The summed E-state index contributed by atoms with van der Waals surface area (Å²) in [5.74, 6) is 0.449. The van der Waals surface area contributed by atoms with Crippen molar-refractivity contribution in [1.82, 2.24) is 0 Å². The molecular weight excluding hydrogens is 328 g/mol. The number of carbonyl (C=O) groups excluding carboxylic acids is 2. The lowest BCUT2D eigenvalue weighted by Gasteiger charge is -2.29. The highest BCUT2D eigenvalue weighted by atomic mass is 16.5. The van der Waals surface area contributed by atoms with Crippen LogP contribution in [0.25, 0.3) is 0 Å².